The maximum atomic E-state index is 6.01. The number of ether oxygens (including phenoxy) is 3. The maximum Gasteiger partial charge on any atom is 0.175 e. The standard InChI is InChI=1S/C22H28BrClN2O3/c1-27-21-14-18(15-25-7-2-8-26-9-11-28-12-10-26)13-20(23)22(21)29-16-17-3-5-19(24)6-4-17/h3-6,13-14,25H,2,7-12,15-16H2,1H3/p+2. The minimum atomic E-state index is 0.460. The van der Waals surface area contributed by atoms with Crippen LogP contribution in [0.15, 0.2) is 40.9 Å². The van der Waals surface area contributed by atoms with Gasteiger partial charge in [0.05, 0.1) is 37.9 Å². The summed E-state index contributed by atoms with van der Waals surface area (Å²) in [6.45, 7) is 7.82. The summed E-state index contributed by atoms with van der Waals surface area (Å²) < 4.78 is 17.9. The first-order valence-electron chi connectivity index (χ1n) is 10.1. The Kier molecular flexibility index (Phi) is 9.08. The molecule has 5 nitrogen and oxygen atoms in total. The van der Waals surface area contributed by atoms with Crippen LogP contribution in [-0.4, -0.2) is 46.5 Å². The number of methoxy groups -OCH3 is 1. The number of halogens is 2. The zero-order valence-corrected chi connectivity index (χ0v) is 19.2. The van der Waals surface area contributed by atoms with E-state index in [2.05, 4.69) is 33.4 Å². The highest BCUT2D eigenvalue weighted by atomic mass is 79.9. The third-order valence-corrected chi connectivity index (χ3v) is 5.95. The summed E-state index contributed by atoms with van der Waals surface area (Å²) in [7, 11) is 1.68. The van der Waals surface area contributed by atoms with Crippen LogP contribution in [0.2, 0.25) is 5.02 Å². The molecule has 2 aromatic carbocycles. The number of quaternary nitrogens is 2. The van der Waals surface area contributed by atoms with Crippen LogP contribution in [-0.2, 0) is 17.9 Å². The summed E-state index contributed by atoms with van der Waals surface area (Å²) in [5.41, 5.74) is 2.27. The molecule has 3 rings (SSSR count). The molecule has 0 aliphatic carbocycles. The average molecular weight is 486 g/mol. The summed E-state index contributed by atoms with van der Waals surface area (Å²) >= 11 is 9.59. The first-order valence-corrected chi connectivity index (χ1v) is 11.3. The second-order valence-corrected chi connectivity index (χ2v) is 8.56. The highest BCUT2D eigenvalue weighted by molar-refractivity contribution is 9.10. The monoisotopic (exact) mass is 484 g/mol. The molecule has 0 aromatic heterocycles. The lowest BCUT2D eigenvalue weighted by atomic mass is 10.2. The molecular weight excluding hydrogens is 456 g/mol. The Bertz CT molecular complexity index is 767. The van der Waals surface area contributed by atoms with Crippen LogP contribution in [0.3, 0.4) is 0 Å². The van der Waals surface area contributed by atoms with Gasteiger partial charge in [0.15, 0.2) is 11.5 Å². The van der Waals surface area contributed by atoms with Crippen LogP contribution in [0.4, 0.5) is 0 Å². The molecule has 0 amide bonds. The van der Waals surface area contributed by atoms with E-state index in [1.807, 2.05) is 24.3 Å². The van der Waals surface area contributed by atoms with Gasteiger partial charge in [-0.2, -0.15) is 0 Å². The van der Waals surface area contributed by atoms with Gasteiger partial charge in [0.2, 0.25) is 0 Å². The van der Waals surface area contributed by atoms with Gasteiger partial charge < -0.3 is 24.4 Å². The van der Waals surface area contributed by atoms with E-state index in [1.54, 1.807) is 12.0 Å². The van der Waals surface area contributed by atoms with Gasteiger partial charge in [0.25, 0.3) is 0 Å². The second-order valence-electron chi connectivity index (χ2n) is 7.27. The van der Waals surface area contributed by atoms with Crippen molar-refractivity contribution in [1.82, 2.24) is 0 Å². The van der Waals surface area contributed by atoms with Crippen molar-refractivity contribution in [2.75, 3.05) is 46.5 Å². The van der Waals surface area contributed by atoms with Crippen LogP contribution < -0.4 is 19.7 Å². The third-order valence-electron chi connectivity index (χ3n) is 5.10. The molecule has 7 heteroatoms. The van der Waals surface area contributed by atoms with Gasteiger partial charge in [-0.25, -0.2) is 0 Å². The minimum Gasteiger partial charge on any atom is -0.493 e. The number of rotatable bonds is 10. The molecule has 1 heterocycles. The summed E-state index contributed by atoms with van der Waals surface area (Å²) in [4.78, 5) is 1.66. The summed E-state index contributed by atoms with van der Waals surface area (Å²) in [6, 6.07) is 11.8. The minimum absolute atomic E-state index is 0.460. The molecule has 3 N–H and O–H groups in total. The normalized spacial score (nSPS) is 14.7. The van der Waals surface area contributed by atoms with Crippen molar-refractivity contribution in [2.24, 2.45) is 0 Å². The fraction of sp³-hybridized carbons (Fsp3) is 0.455. The molecule has 0 bridgehead atoms. The molecular formula is C22H30BrClN2O3+2. The lowest BCUT2D eigenvalue weighted by molar-refractivity contribution is -0.909. The zero-order chi connectivity index (χ0) is 20.5. The number of nitrogens with two attached hydrogens (primary N) is 1. The van der Waals surface area contributed by atoms with E-state index in [0.717, 1.165) is 66.0 Å². The van der Waals surface area contributed by atoms with Crippen molar-refractivity contribution in [2.45, 2.75) is 19.6 Å². The van der Waals surface area contributed by atoms with E-state index in [9.17, 15) is 0 Å². The van der Waals surface area contributed by atoms with Gasteiger partial charge in [0.1, 0.15) is 26.2 Å². The number of nitrogens with one attached hydrogen (secondary N) is 1. The van der Waals surface area contributed by atoms with Crippen LogP contribution >= 0.6 is 27.5 Å². The number of benzene rings is 2. The summed E-state index contributed by atoms with van der Waals surface area (Å²) in [5.74, 6) is 1.47. The predicted molar refractivity (Wildman–Crippen MR) is 118 cm³/mol. The van der Waals surface area contributed by atoms with E-state index < -0.39 is 0 Å². The number of hydrogen-bond donors (Lipinski definition) is 2. The van der Waals surface area contributed by atoms with Gasteiger partial charge in [-0.05, 0) is 45.8 Å². The van der Waals surface area contributed by atoms with Gasteiger partial charge in [-0.1, -0.05) is 23.7 Å². The predicted octanol–water partition coefficient (Wildman–Crippen LogP) is 2.06. The average Bonchev–Trinajstić information content (AvgIpc) is 2.74. The number of morpholine rings is 1. The highest BCUT2D eigenvalue weighted by Gasteiger charge is 2.14. The Hall–Kier alpha value is -1.31. The SMILES string of the molecule is COc1cc(C[NH2+]CCC[NH+]2CCOCC2)cc(Br)c1OCc1ccc(Cl)cc1. The quantitative estimate of drug-likeness (QED) is 0.507. The highest BCUT2D eigenvalue weighted by Crippen LogP contribution is 2.37. The Morgan fingerprint density at radius 2 is 1.90 bits per heavy atom. The molecule has 0 radical (unpaired) electrons. The first kappa shape index (κ1) is 22.4. The van der Waals surface area contributed by atoms with Crippen molar-refractivity contribution in [3.05, 3.63) is 57.0 Å². The molecule has 158 valence electrons. The topological polar surface area (TPSA) is 48.7 Å². The molecule has 0 spiro atoms. The zero-order valence-electron chi connectivity index (χ0n) is 16.9. The largest absolute Gasteiger partial charge is 0.493 e. The van der Waals surface area contributed by atoms with Crippen LogP contribution in [0.25, 0.3) is 0 Å². The van der Waals surface area contributed by atoms with Crippen LogP contribution in [0, 0.1) is 0 Å². The molecule has 29 heavy (non-hydrogen) atoms. The fourth-order valence-electron chi connectivity index (χ4n) is 3.44. The van der Waals surface area contributed by atoms with Crippen molar-refractivity contribution in [3.8, 4) is 11.5 Å². The van der Waals surface area contributed by atoms with Crippen molar-refractivity contribution >= 4 is 27.5 Å². The van der Waals surface area contributed by atoms with E-state index in [4.69, 9.17) is 25.8 Å². The van der Waals surface area contributed by atoms with Crippen LogP contribution in [0.1, 0.15) is 17.5 Å². The van der Waals surface area contributed by atoms with Gasteiger partial charge >= 0.3 is 0 Å². The van der Waals surface area contributed by atoms with E-state index in [0.29, 0.717) is 6.61 Å². The van der Waals surface area contributed by atoms with Crippen LogP contribution in [0.5, 0.6) is 11.5 Å². The Balaban J connectivity index is 1.48. The molecule has 0 saturated carbocycles. The smallest absolute Gasteiger partial charge is 0.175 e. The second kappa shape index (κ2) is 11.8. The lowest BCUT2D eigenvalue weighted by Gasteiger charge is -2.23. The summed E-state index contributed by atoms with van der Waals surface area (Å²) in [6.07, 6.45) is 1.22. The van der Waals surface area contributed by atoms with Gasteiger partial charge in [0, 0.05) is 17.0 Å². The fourth-order valence-corrected chi connectivity index (χ4v) is 4.17. The lowest BCUT2D eigenvalue weighted by Crippen LogP contribution is -3.14. The van der Waals surface area contributed by atoms with E-state index in [1.165, 1.54) is 18.5 Å². The molecule has 1 aliphatic rings. The van der Waals surface area contributed by atoms with Crippen molar-refractivity contribution < 1.29 is 24.4 Å². The first-order chi connectivity index (χ1) is 14.2. The molecule has 1 fully saturated rings. The maximum absolute atomic E-state index is 6.01. The van der Waals surface area contributed by atoms with Crippen molar-refractivity contribution in [1.29, 1.82) is 0 Å². The molecule has 1 saturated heterocycles. The van der Waals surface area contributed by atoms with Gasteiger partial charge in [-0.3, -0.25) is 0 Å². The molecule has 1 aliphatic heterocycles. The van der Waals surface area contributed by atoms with Gasteiger partial charge in [-0.15, -0.1) is 0 Å². The molecule has 0 unspecified atom stereocenters. The Morgan fingerprint density at radius 1 is 1.14 bits per heavy atom. The Labute approximate surface area is 186 Å². The summed E-state index contributed by atoms with van der Waals surface area (Å²) in [5, 5.41) is 3.08. The molecule has 2 aromatic rings. The Morgan fingerprint density at radius 3 is 2.62 bits per heavy atom. The van der Waals surface area contributed by atoms with E-state index in [-0.39, 0.29) is 0 Å². The third kappa shape index (κ3) is 7.15. The van der Waals surface area contributed by atoms with E-state index >= 15 is 0 Å². The van der Waals surface area contributed by atoms with Crippen molar-refractivity contribution in [3.63, 3.8) is 0 Å². The number of hydrogen-bond acceptors (Lipinski definition) is 3. The molecule has 0 atom stereocenters.